The number of carboxylic acids is 1. The molecule has 2 saturated heterocycles. The van der Waals surface area contributed by atoms with Gasteiger partial charge in [0.2, 0.25) is 23.6 Å². The number of phenols is 1. The van der Waals surface area contributed by atoms with E-state index in [0.29, 0.717) is 14.8 Å². The number of likely N-dealkylation sites (tertiary alicyclic amines) is 1. The maximum absolute atomic E-state index is 14.4. The zero-order valence-electron chi connectivity index (χ0n) is 23.0. The molecule has 42 heavy (non-hydrogen) atoms. The SMILES string of the molecule is COc1cc(C2C3=CCC4C(=O)N(CCC(=O)O)C(=O)C4C3CC3C(=O)N(c4ccccc4)C(=O)C32C)cc(I)c1O. The highest BCUT2D eigenvalue weighted by Gasteiger charge is 2.67. The summed E-state index contributed by atoms with van der Waals surface area (Å²) in [6.07, 6.45) is 2.04. The van der Waals surface area contributed by atoms with Gasteiger partial charge in [0, 0.05) is 12.5 Å². The van der Waals surface area contributed by atoms with E-state index in [0.717, 1.165) is 10.5 Å². The summed E-state index contributed by atoms with van der Waals surface area (Å²) in [5, 5.41) is 19.8. The van der Waals surface area contributed by atoms with Crippen molar-refractivity contribution in [3.05, 3.63) is 63.2 Å². The number of fused-ring (bicyclic) bond motifs is 4. The molecule has 1 saturated carbocycles. The molecule has 2 N–H and O–H groups in total. The second kappa shape index (κ2) is 10.2. The van der Waals surface area contributed by atoms with E-state index in [1.54, 1.807) is 49.4 Å². The lowest BCUT2D eigenvalue weighted by Crippen LogP contribution is -2.49. The largest absolute Gasteiger partial charge is 0.504 e. The molecule has 6 atom stereocenters. The minimum Gasteiger partial charge on any atom is -0.504 e. The van der Waals surface area contributed by atoms with Gasteiger partial charge in [-0.2, -0.15) is 0 Å². The molecule has 4 amide bonds. The molecule has 2 aromatic rings. The first-order valence-electron chi connectivity index (χ1n) is 13.8. The highest BCUT2D eigenvalue weighted by molar-refractivity contribution is 14.1. The fraction of sp³-hybridized carbons (Fsp3) is 0.387. The van der Waals surface area contributed by atoms with Crippen LogP contribution in [0.5, 0.6) is 11.5 Å². The number of aromatic hydroxyl groups is 1. The first-order chi connectivity index (χ1) is 20.0. The number of hydrogen-bond donors (Lipinski definition) is 2. The van der Waals surface area contributed by atoms with Crippen LogP contribution < -0.4 is 9.64 Å². The molecule has 0 bridgehead atoms. The molecule has 0 radical (unpaired) electrons. The minimum atomic E-state index is -1.22. The Kier molecular flexibility index (Phi) is 6.90. The van der Waals surface area contributed by atoms with E-state index in [1.165, 1.54) is 12.0 Å². The Morgan fingerprint density at radius 1 is 1.07 bits per heavy atom. The third kappa shape index (κ3) is 3.99. The summed E-state index contributed by atoms with van der Waals surface area (Å²) in [6, 6.07) is 12.2. The van der Waals surface area contributed by atoms with Crippen LogP contribution in [0.3, 0.4) is 0 Å². The molecule has 4 aliphatic rings. The summed E-state index contributed by atoms with van der Waals surface area (Å²) in [5.74, 6) is -5.83. The second-order valence-corrected chi connectivity index (χ2v) is 12.7. The Labute approximate surface area is 255 Å². The van der Waals surface area contributed by atoms with Crippen LogP contribution in [0.4, 0.5) is 5.69 Å². The van der Waals surface area contributed by atoms with Gasteiger partial charge in [0.05, 0.1) is 46.0 Å². The van der Waals surface area contributed by atoms with Crippen LogP contribution in [0.25, 0.3) is 0 Å². The number of imide groups is 2. The zero-order chi connectivity index (χ0) is 30.1. The second-order valence-electron chi connectivity index (χ2n) is 11.5. The number of ether oxygens (including phenoxy) is 1. The lowest BCUT2D eigenvalue weighted by molar-refractivity contribution is -0.142. The maximum atomic E-state index is 14.4. The number of phenolic OH excluding ortho intramolecular Hbond substituents is 1. The van der Waals surface area contributed by atoms with Gasteiger partial charge in [0.25, 0.3) is 0 Å². The quantitative estimate of drug-likeness (QED) is 0.267. The number of carbonyl (C=O) groups is 5. The summed E-state index contributed by atoms with van der Waals surface area (Å²) in [5.41, 5.74) is 0.700. The number of allylic oxidation sites excluding steroid dienone is 2. The molecular formula is C31H29IN2O8. The van der Waals surface area contributed by atoms with Gasteiger partial charge in [-0.05, 0) is 78.1 Å². The molecule has 11 heteroatoms. The number of para-hydroxylation sites is 1. The van der Waals surface area contributed by atoms with Gasteiger partial charge < -0.3 is 14.9 Å². The first-order valence-corrected chi connectivity index (χ1v) is 14.8. The predicted molar refractivity (Wildman–Crippen MR) is 157 cm³/mol. The molecule has 2 aromatic carbocycles. The molecule has 2 heterocycles. The summed E-state index contributed by atoms with van der Waals surface area (Å²) in [6.45, 7) is 1.58. The van der Waals surface area contributed by atoms with Gasteiger partial charge in [-0.25, -0.2) is 4.90 Å². The van der Waals surface area contributed by atoms with Crippen molar-refractivity contribution in [2.75, 3.05) is 18.6 Å². The van der Waals surface area contributed by atoms with Crippen LogP contribution in [0.1, 0.15) is 37.7 Å². The summed E-state index contributed by atoms with van der Waals surface area (Å²) < 4.78 is 5.95. The van der Waals surface area contributed by atoms with E-state index in [1.807, 2.05) is 28.7 Å². The van der Waals surface area contributed by atoms with Crippen LogP contribution in [0, 0.1) is 32.7 Å². The van der Waals surface area contributed by atoms with Gasteiger partial charge in [0.1, 0.15) is 0 Å². The van der Waals surface area contributed by atoms with Crippen LogP contribution in [-0.2, 0) is 24.0 Å². The van der Waals surface area contributed by atoms with Crippen molar-refractivity contribution in [1.29, 1.82) is 0 Å². The topological polar surface area (TPSA) is 142 Å². The molecule has 6 unspecified atom stereocenters. The fourth-order valence-electron chi connectivity index (χ4n) is 7.63. The standard InChI is InChI=1S/C31H29IN2O8/c1-31-20(28(39)34(30(31)41)16-6-4-3-5-7-16)14-19-17(25(31)15-12-21(32)26(37)22(13-15)42-2)8-9-18-24(19)29(40)33(27(18)38)11-10-23(35)36/h3-8,12-13,18-20,24-25,37H,9-11,14H2,1-2H3,(H,35,36). The number of hydrogen-bond acceptors (Lipinski definition) is 7. The lowest BCUT2D eigenvalue weighted by Gasteiger charge is -2.49. The van der Waals surface area contributed by atoms with Gasteiger partial charge in [0.15, 0.2) is 11.5 Å². The number of anilines is 1. The number of benzene rings is 2. The highest BCUT2D eigenvalue weighted by Crippen LogP contribution is 2.64. The van der Waals surface area contributed by atoms with Crippen LogP contribution in [0.2, 0.25) is 0 Å². The van der Waals surface area contributed by atoms with Crippen molar-refractivity contribution in [2.24, 2.45) is 29.1 Å². The van der Waals surface area contributed by atoms with E-state index < -0.39 is 52.8 Å². The smallest absolute Gasteiger partial charge is 0.305 e. The predicted octanol–water partition coefficient (Wildman–Crippen LogP) is 3.71. The number of amides is 4. The Hall–Kier alpha value is -3.74. The van der Waals surface area contributed by atoms with Crippen molar-refractivity contribution < 1.29 is 38.9 Å². The normalized spacial score (nSPS) is 30.2. The molecule has 0 aromatic heterocycles. The molecule has 0 spiro atoms. The molecule has 6 rings (SSSR count). The van der Waals surface area contributed by atoms with Crippen LogP contribution >= 0.6 is 22.6 Å². The highest BCUT2D eigenvalue weighted by atomic mass is 127. The Morgan fingerprint density at radius 2 is 1.79 bits per heavy atom. The van der Waals surface area contributed by atoms with Crippen molar-refractivity contribution in [2.45, 2.75) is 32.1 Å². The average Bonchev–Trinajstić information content (AvgIpc) is 3.33. The number of nitrogens with zero attached hydrogens (tertiary/aromatic N) is 2. The minimum absolute atomic E-state index is 0.0426. The van der Waals surface area contributed by atoms with Crippen LogP contribution in [-0.4, -0.2) is 58.4 Å². The number of halogens is 1. The van der Waals surface area contributed by atoms with Crippen molar-refractivity contribution in [1.82, 2.24) is 4.90 Å². The van der Waals surface area contributed by atoms with Gasteiger partial charge in [-0.1, -0.05) is 29.8 Å². The van der Waals surface area contributed by atoms with E-state index in [4.69, 9.17) is 4.74 Å². The number of methoxy groups -OCH3 is 1. The van der Waals surface area contributed by atoms with E-state index in [2.05, 4.69) is 0 Å². The molecular weight excluding hydrogens is 655 g/mol. The van der Waals surface area contributed by atoms with Crippen LogP contribution in [0.15, 0.2) is 54.1 Å². The Balaban J connectivity index is 1.51. The lowest BCUT2D eigenvalue weighted by atomic mass is 9.51. The third-order valence-electron chi connectivity index (χ3n) is 9.53. The van der Waals surface area contributed by atoms with Gasteiger partial charge >= 0.3 is 5.97 Å². The number of carbonyl (C=O) groups excluding carboxylic acids is 4. The van der Waals surface area contributed by atoms with E-state index in [-0.39, 0.29) is 49.1 Å². The third-order valence-corrected chi connectivity index (χ3v) is 10.4. The van der Waals surface area contributed by atoms with Crippen molar-refractivity contribution in [3.8, 4) is 11.5 Å². The summed E-state index contributed by atoms with van der Waals surface area (Å²) in [4.78, 5) is 69.1. The number of carboxylic acid groups (broad SMARTS) is 1. The van der Waals surface area contributed by atoms with Gasteiger partial charge in [-0.3, -0.25) is 28.9 Å². The Morgan fingerprint density at radius 3 is 2.45 bits per heavy atom. The zero-order valence-corrected chi connectivity index (χ0v) is 25.1. The molecule has 218 valence electrons. The van der Waals surface area contributed by atoms with E-state index in [9.17, 15) is 34.2 Å². The number of aliphatic carboxylic acids is 1. The Bertz CT molecular complexity index is 1570. The first kappa shape index (κ1) is 28.4. The summed E-state index contributed by atoms with van der Waals surface area (Å²) >= 11 is 1.99. The average molecular weight is 684 g/mol. The summed E-state index contributed by atoms with van der Waals surface area (Å²) in [7, 11) is 1.43. The van der Waals surface area contributed by atoms with Crippen molar-refractivity contribution >= 4 is 57.9 Å². The molecule has 2 aliphatic heterocycles. The molecule has 3 fully saturated rings. The number of rotatable bonds is 6. The van der Waals surface area contributed by atoms with Gasteiger partial charge in [-0.15, -0.1) is 0 Å². The monoisotopic (exact) mass is 684 g/mol. The fourth-order valence-corrected chi connectivity index (χ4v) is 8.25. The molecule has 10 nitrogen and oxygen atoms in total. The van der Waals surface area contributed by atoms with E-state index >= 15 is 0 Å². The molecule has 2 aliphatic carbocycles. The van der Waals surface area contributed by atoms with Crippen molar-refractivity contribution in [3.63, 3.8) is 0 Å². The maximum Gasteiger partial charge on any atom is 0.305 e.